The van der Waals surface area contributed by atoms with E-state index in [9.17, 15) is 4.57 Å². The van der Waals surface area contributed by atoms with E-state index >= 15 is 0 Å². The van der Waals surface area contributed by atoms with E-state index in [0.717, 1.165) is 0 Å². The van der Waals surface area contributed by atoms with Crippen LogP contribution in [0.2, 0.25) is 0 Å². The van der Waals surface area contributed by atoms with Crippen LogP contribution in [0.25, 0.3) is 0 Å². The van der Waals surface area contributed by atoms with Crippen LogP contribution in [0.3, 0.4) is 0 Å². The van der Waals surface area contributed by atoms with Crippen LogP contribution in [-0.2, 0) is 16.3 Å². The molecular formula is C2H5Br2O4P. The lowest BCUT2D eigenvalue weighted by molar-refractivity contribution is 0.245. The van der Waals surface area contributed by atoms with E-state index in [1.807, 2.05) is 0 Å². The third kappa shape index (κ3) is 3.70. The van der Waals surface area contributed by atoms with Crippen LogP contribution in [-0.4, -0.2) is 6.61 Å². The average molecular weight is 284 g/mol. The smallest absolute Gasteiger partial charge is 0.286 e. The number of halogens is 2. The topological polar surface area (TPSA) is 44.8 Å². The molecule has 7 heteroatoms. The van der Waals surface area contributed by atoms with Gasteiger partial charge in [0.1, 0.15) is 32.5 Å². The lowest BCUT2D eigenvalue weighted by Crippen LogP contribution is -1.87. The van der Waals surface area contributed by atoms with Gasteiger partial charge in [-0.25, -0.2) is 11.8 Å². The highest BCUT2D eigenvalue weighted by Gasteiger charge is 2.24. The third-order valence-corrected chi connectivity index (χ3v) is 3.50. The molecule has 0 bridgehead atoms. The average Bonchev–Trinajstić information content (AvgIpc) is 1.89. The van der Waals surface area contributed by atoms with Crippen molar-refractivity contribution in [2.45, 2.75) is 6.92 Å². The third-order valence-electron chi connectivity index (χ3n) is 0.456. The molecule has 0 aromatic rings. The van der Waals surface area contributed by atoms with Crippen LogP contribution < -0.4 is 0 Å². The van der Waals surface area contributed by atoms with E-state index in [1.54, 1.807) is 6.92 Å². The first-order valence-electron chi connectivity index (χ1n) is 2.03. The first-order chi connectivity index (χ1) is 4.18. The number of phosphoric acid groups is 1. The highest BCUT2D eigenvalue weighted by molar-refractivity contribution is 9.07. The molecule has 0 fully saturated rings. The summed E-state index contributed by atoms with van der Waals surface area (Å²) in [4.78, 5) is 0. The predicted molar refractivity (Wildman–Crippen MR) is 39.3 cm³/mol. The molecule has 0 saturated heterocycles. The predicted octanol–water partition coefficient (Wildman–Crippen LogP) is 2.78. The van der Waals surface area contributed by atoms with E-state index in [1.165, 1.54) is 0 Å². The van der Waals surface area contributed by atoms with Crippen LogP contribution in [0.5, 0.6) is 0 Å². The monoisotopic (exact) mass is 282 g/mol. The minimum atomic E-state index is -3.35. The van der Waals surface area contributed by atoms with Crippen LogP contribution in [0.4, 0.5) is 0 Å². The molecule has 0 heterocycles. The molecule has 56 valence electrons. The van der Waals surface area contributed by atoms with Gasteiger partial charge in [0.05, 0.1) is 6.61 Å². The second-order valence-electron chi connectivity index (χ2n) is 1.00. The van der Waals surface area contributed by atoms with Crippen LogP contribution in [0.1, 0.15) is 6.92 Å². The Hall–Kier alpha value is 1.07. The Morgan fingerprint density at radius 1 is 1.44 bits per heavy atom. The van der Waals surface area contributed by atoms with E-state index in [0.29, 0.717) is 0 Å². The highest BCUT2D eigenvalue weighted by Crippen LogP contribution is 2.52. The molecule has 0 spiro atoms. The van der Waals surface area contributed by atoms with Gasteiger partial charge in [0.25, 0.3) is 0 Å². The summed E-state index contributed by atoms with van der Waals surface area (Å²) in [7, 11) is -3.35. The van der Waals surface area contributed by atoms with Gasteiger partial charge in [0.2, 0.25) is 0 Å². The molecule has 0 aromatic carbocycles. The molecule has 0 aliphatic rings. The van der Waals surface area contributed by atoms with Crippen molar-refractivity contribution < 1.29 is 16.3 Å². The fourth-order valence-corrected chi connectivity index (χ4v) is 1.96. The maximum atomic E-state index is 10.8. The summed E-state index contributed by atoms with van der Waals surface area (Å²) in [5, 5.41) is 0. The fraction of sp³-hybridized carbons (Fsp3) is 1.00. The van der Waals surface area contributed by atoms with Gasteiger partial charge in [-0.05, 0) is 6.92 Å². The number of rotatable bonds is 4. The van der Waals surface area contributed by atoms with Crippen molar-refractivity contribution in [2.75, 3.05) is 6.61 Å². The Balaban J connectivity index is 3.78. The second-order valence-corrected chi connectivity index (χ2v) is 4.17. The molecule has 0 aromatic heterocycles. The summed E-state index contributed by atoms with van der Waals surface area (Å²) in [6, 6.07) is 0. The minimum Gasteiger partial charge on any atom is -0.286 e. The first kappa shape index (κ1) is 10.1. The van der Waals surface area contributed by atoms with Crippen molar-refractivity contribution in [1.29, 1.82) is 0 Å². The Kier molecular flexibility index (Phi) is 5.39. The molecule has 0 amide bonds. The van der Waals surface area contributed by atoms with Gasteiger partial charge in [-0.15, -0.1) is 0 Å². The maximum Gasteiger partial charge on any atom is 0.497 e. The van der Waals surface area contributed by atoms with E-state index in [-0.39, 0.29) is 6.61 Å². The quantitative estimate of drug-likeness (QED) is 0.744. The minimum absolute atomic E-state index is 0.258. The second kappa shape index (κ2) is 4.82. The van der Waals surface area contributed by atoms with Crippen molar-refractivity contribution in [3.63, 3.8) is 0 Å². The summed E-state index contributed by atoms with van der Waals surface area (Å²) < 4.78 is 23.7. The molecule has 0 atom stereocenters. The maximum absolute atomic E-state index is 10.8. The van der Waals surface area contributed by atoms with Crippen LogP contribution >= 0.6 is 40.3 Å². The van der Waals surface area contributed by atoms with Gasteiger partial charge in [-0.2, -0.15) is 0 Å². The highest BCUT2D eigenvalue weighted by atomic mass is 79.9. The molecule has 0 unspecified atom stereocenters. The Morgan fingerprint density at radius 3 is 2.00 bits per heavy atom. The molecule has 0 saturated carbocycles. The van der Waals surface area contributed by atoms with Gasteiger partial charge < -0.3 is 0 Å². The Bertz CT molecular complexity index is 109. The zero-order chi connectivity index (χ0) is 7.33. The molecule has 0 aliphatic carbocycles. The molecule has 0 radical (unpaired) electrons. The van der Waals surface area contributed by atoms with Gasteiger partial charge in [-0.1, -0.05) is 0 Å². The van der Waals surface area contributed by atoms with Crippen LogP contribution in [0.15, 0.2) is 0 Å². The number of hydrogen-bond donors (Lipinski definition) is 0. The Morgan fingerprint density at radius 2 is 1.89 bits per heavy atom. The summed E-state index contributed by atoms with van der Waals surface area (Å²) in [6.07, 6.45) is 0. The first-order valence-corrected chi connectivity index (χ1v) is 4.79. The van der Waals surface area contributed by atoms with E-state index < -0.39 is 7.82 Å². The Labute approximate surface area is 70.4 Å². The van der Waals surface area contributed by atoms with Gasteiger partial charge in [0, 0.05) is 0 Å². The summed E-state index contributed by atoms with van der Waals surface area (Å²) >= 11 is 4.98. The largest absolute Gasteiger partial charge is 0.497 e. The summed E-state index contributed by atoms with van der Waals surface area (Å²) in [6.45, 7) is 1.93. The van der Waals surface area contributed by atoms with E-state index in [2.05, 4.69) is 44.3 Å². The van der Waals surface area contributed by atoms with Gasteiger partial charge >= 0.3 is 7.82 Å². The van der Waals surface area contributed by atoms with Gasteiger partial charge in [0.15, 0.2) is 0 Å². The standard InChI is InChI=1S/C2H5Br2O4P/c1-2-6-9(5,7-3)8-4/h2H2,1H3. The number of hydrogen-bond acceptors (Lipinski definition) is 4. The normalized spacial score (nSPS) is 11.9. The molecule has 9 heavy (non-hydrogen) atoms. The van der Waals surface area contributed by atoms with Crippen LogP contribution in [0, 0.1) is 0 Å². The van der Waals surface area contributed by atoms with Crippen molar-refractivity contribution in [3.8, 4) is 0 Å². The summed E-state index contributed by atoms with van der Waals surface area (Å²) in [5.74, 6) is 0. The molecule has 0 aliphatic heterocycles. The fourth-order valence-electron chi connectivity index (χ4n) is 0.209. The zero-order valence-corrected chi connectivity index (χ0v) is 8.61. The zero-order valence-electron chi connectivity index (χ0n) is 4.54. The molecule has 4 nitrogen and oxygen atoms in total. The van der Waals surface area contributed by atoms with Crippen molar-refractivity contribution in [1.82, 2.24) is 0 Å². The molecule has 0 N–H and O–H groups in total. The van der Waals surface area contributed by atoms with E-state index in [4.69, 9.17) is 0 Å². The molecular weight excluding hydrogens is 279 g/mol. The van der Waals surface area contributed by atoms with Crippen molar-refractivity contribution in [3.05, 3.63) is 0 Å². The van der Waals surface area contributed by atoms with Crippen molar-refractivity contribution >= 4 is 40.3 Å². The lowest BCUT2D eigenvalue weighted by Gasteiger charge is -2.06. The SMILES string of the molecule is CCOP(=O)(OBr)OBr. The molecule has 0 rings (SSSR count). The lowest BCUT2D eigenvalue weighted by atomic mass is 10.9. The van der Waals surface area contributed by atoms with Crippen molar-refractivity contribution in [2.24, 2.45) is 0 Å². The van der Waals surface area contributed by atoms with Gasteiger partial charge in [-0.3, -0.25) is 4.52 Å². The summed E-state index contributed by atoms with van der Waals surface area (Å²) in [5.41, 5.74) is 0.